The van der Waals surface area contributed by atoms with Gasteiger partial charge in [-0.2, -0.15) is 9.97 Å². The summed E-state index contributed by atoms with van der Waals surface area (Å²) < 4.78 is 65.6. The minimum absolute atomic E-state index is 0.0469. The van der Waals surface area contributed by atoms with E-state index in [0.29, 0.717) is 5.92 Å². The molecule has 1 heterocycles. The third-order valence-corrected chi connectivity index (χ3v) is 7.87. The number of hydrogen-bond acceptors (Lipinski definition) is 8. The second-order valence-corrected chi connectivity index (χ2v) is 10.8. The number of hydrogen-bond donors (Lipinski definition) is 2. The van der Waals surface area contributed by atoms with Crippen LogP contribution in [0, 0.1) is 0 Å². The molecule has 0 saturated heterocycles. The molecule has 0 fully saturated rings. The molecule has 10 nitrogen and oxygen atoms in total. The largest absolute Gasteiger partial charge is 0.481 e. The number of benzene rings is 2. The van der Waals surface area contributed by atoms with E-state index in [2.05, 4.69) is 33.3 Å². The lowest BCUT2D eigenvalue weighted by Crippen LogP contribution is -2.15. The first-order chi connectivity index (χ1) is 16.1. The lowest BCUT2D eigenvalue weighted by atomic mass is 9.99. The number of methoxy groups -OCH3 is 2. The predicted octanol–water partition coefficient (Wildman–Crippen LogP) is 3.61. The molecule has 0 amide bonds. The summed E-state index contributed by atoms with van der Waals surface area (Å²) in [6.45, 7) is 4.14. The Bertz CT molecular complexity index is 1320. The smallest absolute Gasteiger partial charge is 0.321 e. The van der Waals surface area contributed by atoms with Crippen molar-refractivity contribution in [2.75, 3.05) is 23.7 Å². The van der Waals surface area contributed by atoms with Crippen LogP contribution in [0.5, 0.6) is 11.9 Å². The van der Waals surface area contributed by atoms with E-state index in [1.165, 1.54) is 44.6 Å². The molecule has 0 spiro atoms. The van der Waals surface area contributed by atoms with Crippen LogP contribution in [0.25, 0.3) is 0 Å². The zero-order valence-electron chi connectivity index (χ0n) is 19.1. The molecule has 0 radical (unpaired) electrons. The molecule has 0 bridgehead atoms. The number of sulfonamides is 2. The van der Waals surface area contributed by atoms with E-state index in [1.807, 2.05) is 0 Å². The van der Waals surface area contributed by atoms with Crippen molar-refractivity contribution in [3.05, 3.63) is 60.2 Å². The van der Waals surface area contributed by atoms with Crippen molar-refractivity contribution in [2.45, 2.75) is 36.0 Å². The van der Waals surface area contributed by atoms with Crippen molar-refractivity contribution >= 4 is 31.6 Å². The summed E-state index contributed by atoms with van der Waals surface area (Å²) in [5.41, 5.74) is 1.28. The summed E-state index contributed by atoms with van der Waals surface area (Å²) in [7, 11) is -5.14. The molecule has 34 heavy (non-hydrogen) atoms. The fourth-order valence-electron chi connectivity index (χ4n) is 2.98. The number of anilines is 2. The predicted molar refractivity (Wildman–Crippen MR) is 128 cm³/mol. The Morgan fingerprint density at radius 2 is 1.38 bits per heavy atom. The molecule has 1 aromatic heterocycles. The normalized spacial score (nSPS) is 12.6. The van der Waals surface area contributed by atoms with Gasteiger partial charge in [0, 0.05) is 11.8 Å². The summed E-state index contributed by atoms with van der Waals surface area (Å²) in [5, 5.41) is 0. The van der Waals surface area contributed by atoms with Gasteiger partial charge in [-0.05, 0) is 54.3 Å². The molecule has 2 aromatic carbocycles. The first-order valence-electron chi connectivity index (χ1n) is 10.3. The number of ether oxygens (including phenoxy) is 2. The standard InChI is InChI=1S/C22H26N4O6S2/c1-5-15(2)16-6-10-18(11-7-16)33(27,28)25-17-8-12-19(13-9-17)34(29,30)26-20-14-21(31-3)24-22(23-20)32-4/h6-15,25H,5H2,1-4H3,(H,23,24,26). The molecule has 1 unspecified atom stereocenters. The molecule has 12 heteroatoms. The highest BCUT2D eigenvalue weighted by molar-refractivity contribution is 7.93. The second-order valence-electron chi connectivity index (χ2n) is 7.40. The van der Waals surface area contributed by atoms with Crippen molar-refractivity contribution in [1.82, 2.24) is 9.97 Å². The summed E-state index contributed by atoms with van der Waals surface area (Å²) >= 11 is 0. The minimum atomic E-state index is -4.02. The zero-order valence-corrected chi connectivity index (χ0v) is 20.8. The van der Waals surface area contributed by atoms with Gasteiger partial charge in [0.05, 0.1) is 24.0 Å². The van der Waals surface area contributed by atoms with Crippen LogP contribution >= 0.6 is 0 Å². The summed E-state index contributed by atoms with van der Waals surface area (Å²) in [6.07, 6.45) is 0.951. The van der Waals surface area contributed by atoms with E-state index >= 15 is 0 Å². The molecule has 0 saturated carbocycles. The maximum Gasteiger partial charge on any atom is 0.321 e. The number of aromatic nitrogens is 2. The van der Waals surface area contributed by atoms with E-state index < -0.39 is 20.0 Å². The van der Waals surface area contributed by atoms with Gasteiger partial charge in [-0.15, -0.1) is 0 Å². The third-order valence-electron chi connectivity index (χ3n) is 5.10. The fraction of sp³-hybridized carbons (Fsp3) is 0.273. The van der Waals surface area contributed by atoms with Crippen LogP contribution in [0.4, 0.5) is 11.5 Å². The molecular formula is C22H26N4O6S2. The fourth-order valence-corrected chi connectivity index (χ4v) is 5.03. The van der Waals surface area contributed by atoms with Crippen molar-refractivity contribution in [3.8, 4) is 11.9 Å². The molecule has 2 N–H and O–H groups in total. The minimum Gasteiger partial charge on any atom is -0.481 e. The molecule has 0 aliphatic heterocycles. The molecule has 0 aliphatic carbocycles. The van der Waals surface area contributed by atoms with Crippen molar-refractivity contribution in [2.24, 2.45) is 0 Å². The highest BCUT2D eigenvalue weighted by atomic mass is 32.2. The molecule has 0 aliphatic rings. The number of nitrogens with zero attached hydrogens (tertiary/aromatic N) is 2. The van der Waals surface area contributed by atoms with Gasteiger partial charge in [-0.1, -0.05) is 26.0 Å². The maximum absolute atomic E-state index is 12.7. The summed E-state index contributed by atoms with van der Waals surface area (Å²) in [5.74, 6) is 0.401. The van der Waals surface area contributed by atoms with Crippen LogP contribution in [0.1, 0.15) is 31.7 Å². The van der Waals surface area contributed by atoms with E-state index in [-0.39, 0.29) is 33.2 Å². The maximum atomic E-state index is 12.7. The highest BCUT2D eigenvalue weighted by Crippen LogP contribution is 2.24. The van der Waals surface area contributed by atoms with Gasteiger partial charge in [0.1, 0.15) is 0 Å². The molecular weight excluding hydrogens is 480 g/mol. The molecule has 182 valence electrons. The Kier molecular flexibility index (Phi) is 7.62. The van der Waals surface area contributed by atoms with E-state index in [4.69, 9.17) is 9.47 Å². The van der Waals surface area contributed by atoms with Crippen LogP contribution in [0.3, 0.4) is 0 Å². The van der Waals surface area contributed by atoms with Crippen molar-refractivity contribution in [1.29, 1.82) is 0 Å². The van der Waals surface area contributed by atoms with E-state index in [9.17, 15) is 16.8 Å². The van der Waals surface area contributed by atoms with Gasteiger partial charge < -0.3 is 9.47 Å². The van der Waals surface area contributed by atoms with E-state index in [0.717, 1.165) is 12.0 Å². The summed E-state index contributed by atoms with van der Waals surface area (Å²) in [4.78, 5) is 7.87. The third kappa shape index (κ3) is 5.94. The Hall–Kier alpha value is -3.38. The van der Waals surface area contributed by atoms with Crippen LogP contribution in [-0.4, -0.2) is 41.0 Å². The Morgan fingerprint density at radius 1 is 0.824 bits per heavy atom. The molecule has 3 rings (SSSR count). The average molecular weight is 507 g/mol. The van der Waals surface area contributed by atoms with Gasteiger partial charge in [0.2, 0.25) is 5.88 Å². The van der Waals surface area contributed by atoms with Crippen molar-refractivity contribution in [3.63, 3.8) is 0 Å². The molecule has 3 aromatic rings. The van der Waals surface area contributed by atoms with E-state index in [1.54, 1.807) is 24.3 Å². The molecule has 1 atom stereocenters. The second kappa shape index (κ2) is 10.3. The lowest BCUT2D eigenvalue weighted by molar-refractivity contribution is 0.353. The first kappa shape index (κ1) is 25.2. The van der Waals surface area contributed by atoms with Crippen molar-refractivity contribution < 1.29 is 26.3 Å². The topological polar surface area (TPSA) is 137 Å². The van der Waals surface area contributed by atoms with Crippen LogP contribution < -0.4 is 18.9 Å². The van der Waals surface area contributed by atoms with Gasteiger partial charge >= 0.3 is 6.01 Å². The Morgan fingerprint density at radius 3 is 1.91 bits per heavy atom. The number of nitrogens with one attached hydrogen (secondary N) is 2. The highest BCUT2D eigenvalue weighted by Gasteiger charge is 2.19. The van der Waals surface area contributed by atoms with Crippen LogP contribution in [0.2, 0.25) is 0 Å². The Balaban J connectivity index is 1.76. The van der Waals surface area contributed by atoms with Crippen LogP contribution in [-0.2, 0) is 20.0 Å². The quantitative estimate of drug-likeness (QED) is 0.426. The van der Waals surface area contributed by atoms with Gasteiger partial charge in [-0.3, -0.25) is 9.44 Å². The monoisotopic (exact) mass is 506 g/mol. The van der Waals surface area contributed by atoms with Crippen LogP contribution in [0.15, 0.2) is 64.4 Å². The average Bonchev–Trinajstić information content (AvgIpc) is 2.83. The van der Waals surface area contributed by atoms with Gasteiger partial charge in [0.15, 0.2) is 5.82 Å². The first-order valence-corrected chi connectivity index (χ1v) is 13.3. The SMILES string of the molecule is CCC(C)c1ccc(S(=O)(=O)Nc2ccc(S(=O)(=O)Nc3cc(OC)nc(OC)n3)cc2)cc1. The number of rotatable bonds is 10. The van der Waals surface area contributed by atoms with Gasteiger partial charge in [-0.25, -0.2) is 16.8 Å². The Labute approximate surface area is 199 Å². The zero-order chi connectivity index (χ0) is 24.9. The summed E-state index contributed by atoms with van der Waals surface area (Å²) in [6, 6.07) is 13.2. The van der Waals surface area contributed by atoms with Gasteiger partial charge in [0.25, 0.3) is 20.0 Å². The lowest BCUT2D eigenvalue weighted by Gasteiger charge is -2.12.